The molecule has 0 spiro atoms. The molecular weight excluding hydrogens is 302 g/mol. The van der Waals surface area contributed by atoms with Crippen molar-refractivity contribution in [2.24, 2.45) is 0 Å². The molecule has 0 aliphatic rings. The normalized spacial score (nSPS) is 13.9. The molecular formula is C20H25NO3. The summed E-state index contributed by atoms with van der Waals surface area (Å²) < 4.78 is 5.15. The predicted octanol–water partition coefficient (Wildman–Crippen LogP) is 3.00. The lowest BCUT2D eigenvalue weighted by Gasteiger charge is -2.29. The molecule has 128 valence electrons. The first-order valence-corrected chi connectivity index (χ1v) is 7.98. The third-order valence-electron chi connectivity index (χ3n) is 4.37. The Morgan fingerprint density at radius 1 is 1.00 bits per heavy atom. The summed E-state index contributed by atoms with van der Waals surface area (Å²) in [4.78, 5) is 12.6. The van der Waals surface area contributed by atoms with E-state index in [0.717, 1.165) is 16.9 Å². The zero-order valence-corrected chi connectivity index (χ0v) is 14.7. The molecule has 1 amide bonds. The Balaban J connectivity index is 2.07. The van der Waals surface area contributed by atoms with Crippen LogP contribution in [0.15, 0.2) is 54.6 Å². The topological polar surface area (TPSA) is 58.6 Å². The van der Waals surface area contributed by atoms with Crippen LogP contribution in [0.4, 0.5) is 0 Å². The lowest BCUT2D eigenvalue weighted by molar-refractivity contribution is -0.126. The van der Waals surface area contributed by atoms with Gasteiger partial charge in [-0.3, -0.25) is 4.79 Å². The van der Waals surface area contributed by atoms with Gasteiger partial charge in [0.25, 0.3) is 0 Å². The van der Waals surface area contributed by atoms with Crippen molar-refractivity contribution in [3.8, 4) is 5.75 Å². The SMILES string of the molecule is COc1ccc(C(C)(C)C(=O)NCC(C)(O)c2ccccc2)cc1. The Labute approximate surface area is 143 Å². The zero-order valence-electron chi connectivity index (χ0n) is 14.7. The Hall–Kier alpha value is -2.33. The van der Waals surface area contributed by atoms with Crippen molar-refractivity contribution in [2.45, 2.75) is 31.8 Å². The van der Waals surface area contributed by atoms with Gasteiger partial charge in [-0.2, -0.15) is 0 Å². The summed E-state index contributed by atoms with van der Waals surface area (Å²) in [5.41, 5.74) is -0.168. The highest BCUT2D eigenvalue weighted by Gasteiger charge is 2.32. The van der Waals surface area contributed by atoms with Crippen LogP contribution in [-0.2, 0) is 15.8 Å². The molecule has 1 atom stereocenters. The van der Waals surface area contributed by atoms with Crippen molar-refractivity contribution in [3.63, 3.8) is 0 Å². The summed E-state index contributed by atoms with van der Waals surface area (Å²) in [6, 6.07) is 16.8. The first kappa shape index (κ1) is 18.0. The van der Waals surface area contributed by atoms with Crippen molar-refractivity contribution >= 4 is 5.91 Å². The molecule has 0 heterocycles. The smallest absolute Gasteiger partial charge is 0.230 e. The summed E-state index contributed by atoms with van der Waals surface area (Å²) in [5.74, 6) is 0.617. The maximum Gasteiger partial charge on any atom is 0.230 e. The summed E-state index contributed by atoms with van der Waals surface area (Å²) in [6.45, 7) is 5.57. The van der Waals surface area contributed by atoms with E-state index >= 15 is 0 Å². The molecule has 2 aromatic rings. The first-order valence-electron chi connectivity index (χ1n) is 7.98. The molecule has 0 saturated carbocycles. The number of aliphatic hydroxyl groups is 1. The van der Waals surface area contributed by atoms with Crippen molar-refractivity contribution in [1.82, 2.24) is 5.32 Å². The van der Waals surface area contributed by atoms with Crippen LogP contribution >= 0.6 is 0 Å². The van der Waals surface area contributed by atoms with Gasteiger partial charge in [0.1, 0.15) is 11.4 Å². The van der Waals surface area contributed by atoms with Gasteiger partial charge in [0.15, 0.2) is 0 Å². The van der Waals surface area contributed by atoms with Gasteiger partial charge in [-0.25, -0.2) is 0 Å². The lowest BCUT2D eigenvalue weighted by Crippen LogP contribution is -2.45. The standard InChI is InChI=1S/C20H25NO3/c1-19(2,15-10-12-17(24-4)13-11-15)18(22)21-14-20(3,23)16-8-6-5-7-9-16/h5-13,23H,14H2,1-4H3,(H,21,22). The molecule has 0 saturated heterocycles. The molecule has 4 nitrogen and oxygen atoms in total. The van der Waals surface area contributed by atoms with Gasteiger partial charge >= 0.3 is 0 Å². The van der Waals surface area contributed by atoms with Gasteiger partial charge in [0, 0.05) is 0 Å². The van der Waals surface area contributed by atoms with Gasteiger partial charge in [-0.05, 0) is 44.0 Å². The highest BCUT2D eigenvalue weighted by atomic mass is 16.5. The van der Waals surface area contributed by atoms with E-state index in [2.05, 4.69) is 5.32 Å². The van der Waals surface area contributed by atoms with E-state index in [9.17, 15) is 9.90 Å². The van der Waals surface area contributed by atoms with Crippen molar-refractivity contribution in [3.05, 3.63) is 65.7 Å². The van der Waals surface area contributed by atoms with Crippen LogP contribution in [0.1, 0.15) is 31.9 Å². The second-order valence-corrected chi connectivity index (χ2v) is 6.68. The molecule has 0 aromatic heterocycles. The number of amides is 1. The monoisotopic (exact) mass is 327 g/mol. The van der Waals surface area contributed by atoms with Crippen LogP contribution in [0, 0.1) is 0 Å². The molecule has 0 aliphatic heterocycles. The molecule has 0 bridgehead atoms. The van der Waals surface area contributed by atoms with Gasteiger partial charge in [-0.1, -0.05) is 42.5 Å². The maximum atomic E-state index is 12.6. The number of hydrogen-bond donors (Lipinski definition) is 2. The zero-order chi connectivity index (χ0) is 17.8. The minimum atomic E-state index is -1.12. The van der Waals surface area contributed by atoms with Gasteiger partial charge in [-0.15, -0.1) is 0 Å². The largest absolute Gasteiger partial charge is 0.497 e. The van der Waals surface area contributed by atoms with Crippen molar-refractivity contribution in [1.29, 1.82) is 0 Å². The third-order valence-corrected chi connectivity index (χ3v) is 4.37. The summed E-state index contributed by atoms with van der Waals surface area (Å²) in [5, 5.41) is 13.5. The molecule has 1 unspecified atom stereocenters. The minimum absolute atomic E-state index is 0.135. The van der Waals surface area contributed by atoms with Crippen LogP contribution in [0.25, 0.3) is 0 Å². The fourth-order valence-corrected chi connectivity index (χ4v) is 2.51. The highest BCUT2D eigenvalue weighted by molar-refractivity contribution is 5.87. The Bertz CT molecular complexity index is 676. The maximum absolute atomic E-state index is 12.6. The summed E-state index contributed by atoms with van der Waals surface area (Å²) in [7, 11) is 1.61. The molecule has 2 rings (SSSR count). The van der Waals surface area contributed by atoms with Gasteiger partial charge < -0.3 is 15.2 Å². The number of hydrogen-bond acceptors (Lipinski definition) is 3. The van der Waals surface area contributed by atoms with Crippen molar-refractivity contribution in [2.75, 3.05) is 13.7 Å². The molecule has 2 aromatic carbocycles. The van der Waals surface area contributed by atoms with Crippen LogP contribution in [-0.4, -0.2) is 24.7 Å². The van der Waals surface area contributed by atoms with Gasteiger partial charge in [0.05, 0.1) is 19.1 Å². The number of nitrogens with one attached hydrogen (secondary N) is 1. The third kappa shape index (κ3) is 3.95. The number of methoxy groups -OCH3 is 1. The molecule has 0 radical (unpaired) electrons. The number of ether oxygens (including phenoxy) is 1. The minimum Gasteiger partial charge on any atom is -0.497 e. The fraction of sp³-hybridized carbons (Fsp3) is 0.350. The lowest BCUT2D eigenvalue weighted by atomic mass is 9.83. The number of carbonyl (C=O) groups is 1. The van der Waals surface area contributed by atoms with E-state index in [1.54, 1.807) is 14.0 Å². The predicted molar refractivity (Wildman–Crippen MR) is 95.0 cm³/mol. The van der Waals surface area contributed by atoms with Crippen LogP contribution in [0.3, 0.4) is 0 Å². The van der Waals surface area contributed by atoms with Gasteiger partial charge in [0.2, 0.25) is 5.91 Å². The van der Waals surface area contributed by atoms with E-state index in [1.807, 2.05) is 68.4 Å². The first-order chi connectivity index (χ1) is 11.3. The van der Waals surface area contributed by atoms with Crippen LogP contribution < -0.4 is 10.1 Å². The second-order valence-electron chi connectivity index (χ2n) is 6.68. The quantitative estimate of drug-likeness (QED) is 0.857. The number of rotatable bonds is 6. The van der Waals surface area contributed by atoms with Crippen LogP contribution in [0.5, 0.6) is 5.75 Å². The second kappa shape index (κ2) is 7.05. The average molecular weight is 327 g/mol. The number of benzene rings is 2. The Morgan fingerprint density at radius 2 is 1.58 bits per heavy atom. The van der Waals surface area contributed by atoms with E-state index < -0.39 is 11.0 Å². The Morgan fingerprint density at radius 3 is 2.12 bits per heavy atom. The van der Waals surface area contributed by atoms with Crippen LogP contribution in [0.2, 0.25) is 0 Å². The number of carbonyl (C=O) groups excluding carboxylic acids is 1. The average Bonchev–Trinajstić information content (AvgIpc) is 2.60. The van der Waals surface area contributed by atoms with E-state index in [4.69, 9.17) is 4.74 Å². The highest BCUT2D eigenvalue weighted by Crippen LogP contribution is 2.26. The molecule has 0 fully saturated rings. The molecule has 0 aliphatic carbocycles. The summed E-state index contributed by atoms with van der Waals surface area (Å²) in [6.07, 6.45) is 0. The fourth-order valence-electron chi connectivity index (χ4n) is 2.51. The molecule has 2 N–H and O–H groups in total. The van der Waals surface area contributed by atoms with Crippen molar-refractivity contribution < 1.29 is 14.6 Å². The summed E-state index contributed by atoms with van der Waals surface area (Å²) >= 11 is 0. The van der Waals surface area contributed by atoms with E-state index in [0.29, 0.717) is 0 Å². The molecule has 4 heteroatoms. The van der Waals surface area contributed by atoms with E-state index in [-0.39, 0.29) is 12.5 Å². The molecule has 24 heavy (non-hydrogen) atoms. The van der Waals surface area contributed by atoms with E-state index in [1.165, 1.54) is 0 Å². The Kier molecular flexibility index (Phi) is 5.30.